The molecule has 0 fully saturated rings. The molecule has 1 atom stereocenters. The topological polar surface area (TPSA) is 99.7 Å². The van der Waals surface area contributed by atoms with Gasteiger partial charge in [0.15, 0.2) is 0 Å². The van der Waals surface area contributed by atoms with Gasteiger partial charge in [-0.2, -0.15) is 0 Å². The summed E-state index contributed by atoms with van der Waals surface area (Å²) in [5, 5.41) is 8.49. The Kier molecular flexibility index (Phi) is 12.0. The monoisotopic (exact) mass is 413 g/mol. The summed E-state index contributed by atoms with van der Waals surface area (Å²) in [7, 11) is 5.07. The molecule has 0 aromatic rings. The molecule has 10 heteroatoms. The second kappa shape index (κ2) is 12.2. The summed E-state index contributed by atoms with van der Waals surface area (Å²) < 4.78 is 13.5. The third-order valence-corrected chi connectivity index (χ3v) is 6.50. The molecule has 2 amide bonds. The molecule has 148 valence electrons. The normalized spacial score (nSPS) is 13.2. The van der Waals surface area contributed by atoms with E-state index >= 15 is 0 Å². The van der Waals surface area contributed by atoms with Gasteiger partial charge in [0.05, 0.1) is 4.75 Å². The Labute approximate surface area is 163 Å². The molecule has 0 heterocycles. The van der Waals surface area contributed by atoms with Crippen LogP contribution >= 0.6 is 33.6 Å². The number of carbonyl (C=O) groups is 2. The molecule has 0 saturated heterocycles. The lowest BCUT2D eigenvalue weighted by molar-refractivity contribution is -0.123. The lowest BCUT2D eigenvalue weighted by atomic mass is 10.0. The van der Waals surface area contributed by atoms with Gasteiger partial charge in [-0.3, -0.25) is 4.79 Å². The smallest absolute Gasteiger partial charge is 0.408 e. The largest absolute Gasteiger partial charge is 0.444 e. The summed E-state index contributed by atoms with van der Waals surface area (Å²) in [4.78, 5) is 24.7. The van der Waals surface area contributed by atoms with Gasteiger partial charge < -0.3 is 25.2 Å². The molecular weight excluding hydrogens is 382 g/mol. The molecule has 0 aromatic carbocycles. The first-order valence-electron chi connectivity index (χ1n) is 8.02. The number of hydrogen-bond donors (Lipinski definition) is 4. The average molecular weight is 414 g/mol. The van der Waals surface area contributed by atoms with Crippen molar-refractivity contribution in [1.82, 2.24) is 16.0 Å². The first-order valence-corrected chi connectivity index (χ1v) is 11.3. The predicted molar refractivity (Wildman–Crippen MR) is 109 cm³/mol. The second-order valence-corrected chi connectivity index (χ2v) is 10.6. The van der Waals surface area contributed by atoms with Crippen LogP contribution in [0.3, 0.4) is 0 Å². The zero-order valence-corrected chi connectivity index (χ0v) is 18.3. The van der Waals surface area contributed by atoms with Crippen molar-refractivity contribution in [2.24, 2.45) is 0 Å². The van der Waals surface area contributed by atoms with Crippen LogP contribution < -0.4 is 16.0 Å². The fourth-order valence-electron chi connectivity index (χ4n) is 1.69. The first kappa shape index (κ1) is 24.7. The maximum Gasteiger partial charge on any atom is 0.408 e. The number of amides is 2. The van der Waals surface area contributed by atoms with E-state index in [0.717, 1.165) is 12.3 Å². The molecule has 0 radical (unpaired) electrons. The minimum Gasteiger partial charge on any atom is -0.444 e. The molecule has 7 nitrogen and oxygen atoms in total. The van der Waals surface area contributed by atoms with E-state index in [1.54, 1.807) is 42.4 Å². The van der Waals surface area contributed by atoms with Crippen molar-refractivity contribution in [1.29, 1.82) is 0 Å². The van der Waals surface area contributed by atoms with Crippen molar-refractivity contribution in [2.45, 2.75) is 51.0 Å². The van der Waals surface area contributed by atoms with Crippen LogP contribution in [0, 0.1) is 0 Å². The number of ether oxygens (including phenoxy) is 1. The lowest BCUT2D eigenvalue weighted by Crippen LogP contribution is -2.57. The summed E-state index contributed by atoms with van der Waals surface area (Å²) in [5.41, 5.74) is -0.641. The van der Waals surface area contributed by atoms with E-state index < -0.39 is 22.5 Å². The van der Waals surface area contributed by atoms with Crippen LogP contribution in [0.2, 0.25) is 0 Å². The van der Waals surface area contributed by atoms with Crippen molar-refractivity contribution < 1.29 is 18.9 Å². The Morgan fingerprint density at radius 2 is 1.76 bits per heavy atom. The molecule has 0 aliphatic heterocycles. The van der Waals surface area contributed by atoms with Crippen molar-refractivity contribution in [3.05, 3.63) is 0 Å². The minimum atomic E-state index is -0.766. The molecule has 0 bridgehead atoms. The van der Waals surface area contributed by atoms with Crippen LogP contribution in [0.1, 0.15) is 34.6 Å². The van der Waals surface area contributed by atoms with Crippen LogP contribution in [0.25, 0.3) is 0 Å². The standard InChI is InChI=1S/C15H31N3O4S3/c1-14(2,3)22-13(20)18-11(12(19)17-8-9-23-21)15(4,5)25-24-10-7-16-6/h11,16,21H,7-10H2,1-6H3,(H,17,19)(H,18,20). The Morgan fingerprint density at radius 1 is 1.12 bits per heavy atom. The van der Waals surface area contributed by atoms with E-state index in [2.05, 4.69) is 16.0 Å². The van der Waals surface area contributed by atoms with E-state index in [4.69, 9.17) is 9.29 Å². The van der Waals surface area contributed by atoms with Gasteiger partial charge in [0.2, 0.25) is 5.91 Å². The van der Waals surface area contributed by atoms with Crippen molar-refractivity contribution >= 4 is 45.6 Å². The van der Waals surface area contributed by atoms with E-state index in [1.165, 1.54) is 0 Å². The molecule has 0 aliphatic carbocycles. The van der Waals surface area contributed by atoms with Gasteiger partial charge in [0.1, 0.15) is 11.6 Å². The molecule has 25 heavy (non-hydrogen) atoms. The minimum absolute atomic E-state index is 0.299. The third-order valence-electron chi connectivity index (χ3n) is 2.82. The summed E-state index contributed by atoms with van der Waals surface area (Å²) in [6.07, 6.45) is -0.627. The molecular formula is C15H31N3O4S3. The zero-order chi connectivity index (χ0) is 19.5. The number of alkyl carbamates (subject to hydrolysis) is 1. The lowest BCUT2D eigenvalue weighted by Gasteiger charge is -2.33. The summed E-state index contributed by atoms with van der Waals surface area (Å²) in [6, 6.07) is -0.766. The highest BCUT2D eigenvalue weighted by Gasteiger charge is 2.38. The zero-order valence-electron chi connectivity index (χ0n) is 15.8. The maximum atomic E-state index is 12.5. The average Bonchev–Trinajstić information content (AvgIpc) is 2.47. The summed E-state index contributed by atoms with van der Waals surface area (Å²) in [5.74, 6) is 0.966. The maximum absolute atomic E-state index is 12.5. The molecule has 0 rings (SSSR count). The van der Waals surface area contributed by atoms with E-state index in [1.807, 2.05) is 20.9 Å². The van der Waals surface area contributed by atoms with Crippen molar-refractivity contribution in [3.63, 3.8) is 0 Å². The SMILES string of the molecule is CNCCSSC(C)(C)C(NC(=O)OC(C)(C)C)C(=O)NCCSO. The van der Waals surface area contributed by atoms with Crippen molar-refractivity contribution in [3.8, 4) is 0 Å². The van der Waals surface area contributed by atoms with Crippen LogP contribution in [0.15, 0.2) is 0 Å². The molecule has 0 aliphatic rings. The Hall–Kier alpha value is -0.290. The van der Waals surface area contributed by atoms with E-state index in [0.29, 0.717) is 24.3 Å². The van der Waals surface area contributed by atoms with Gasteiger partial charge in [-0.15, -0.1) is 0 Å². The van der Waals surface area contributed by atoms with Crippen LogP contribution in [0.4, 0.5) is 4.79 Å². The number of carbonyl (C=O) groups excluding carboxylic acids is 2. The summed E-state index contributed by atoms with van der Waals surface area (Å²) >= 11 is 0.661. The van der Waals surface area contributed by atoms with Crippen LogP contribution in [-0.4, -0.2) is 64.6 Å². The van der Waals surface area contributed by atoms with Gasteiger partial charge in [0, 0.05) is 24.6 Å². The van der Waals surface area contributed by atoms with Gasteiger partial charge in [0.25, 0.3) is 0 Å². The highest BCUT2D eigenvalue weighted by atomic mass is 33.1. The van der Waals surface area contributed by atoms with Gasteiger partial charge >= 0.3 is 6.09 Å². The molecule has 0 saturated carbocycles. The second-order valence-electron chi connectivity index (χ2n) is 6.82. The highest BCUT2D eigenvalue weighted by Crippen LogP contribution is 2.38. The quantitative estimate of drug-likeness (QED) is 0.233. The first-order chi connectivity index (χ1) is 11.5. The number of nitrogens with one attached hydrogen (secondary N) is 3. The Morgan fingerprint density at radius 3 is 2.28 bits per heavy atom. The van der Waals surface area contributed by atoms with Gasteiger partial charge in [-0.25, -0.2) is 4.79 Å². The fourth-order valence-corrected chi connectivity index (χ4v) is 4.52. The van der Waals surface area contributed by atoms with E-state index in [9.17, 15) is 9.59 Å². The predicted octanol–water partition coefficient (Wildman–Crippen LogP) is 2.58. The summed E-state index contributed by atoms with van der Waals surface area (Å²) in [6.45, 7) is 10.3. The number of hydrogen-bond acceptors (Lipinski definition) is 8. The highest BCUT2D eigenvalue weighted by molar-refractivity contribution is 8.77. The molecule has 0 spiro atoms. The Balaban J connectivity index is 4.96. The number of rotatable bonds is 11. The molecule has 4 N–H and O–H groups in total. The van der Waals surface area contributed by atoms with Crippen LogP contribution in [0.5, 0.6) is 0 Å². The molecule has 0 aromatic heterocycles. The van der Waals surface area contributed by atoms with Gasteiger partial charge in [-0.1, -0.05) is 21.6 Å². The fraction of sp³-hybridized carbons (Fsp3) is 0.867. The van der Waals surface area contributed by atoms with Gasteiger partial charge in [-0.05, 0) is 53.7 Å². The van der Waals surface area contributed by atoms with Crippen LogP contribution in [-0.2, 0) is 9.53 Å². The van der Waals surface area contributed by atoms with Crippen molar-refractivity contribution in [2.75, 3.05) is 31.6 Å². The third kappa shape index (κ3) is 11.8. The molecule has 1 unspecified atom stereocenters. The Bertz CT molecular complexity index is 417. The van der Waals surface area contributed by atoms with E-state index in [-0.39, 0.29) is 5.91 Å².